The van der Waals surface area contributed by atoms with Gasteiger partial charge in [0, 0.05) is 31.1 Å². The molecule has 0 bridgehead atoms. The summed E-state index contributed by atoms with van der Waals surface area (Å²) >= 11 is 0. The maximum absolute atomic E-state index is 12.0. The Morgan fingerprint density at radius 2 is 2.25 bits per heavy atom. The van der Waals surface area contributed by atoms with Crippen LogP contribution in [0, 0.1) is 0 Å². The van der Waals surface area contributed by atoms with E-state index in [1.54, 1.807) is 6.07 Å². The third kappa shape index (κ3) is 4.06. The van der Waals surface area contributed by atoms with E-state index in [4.69, 9.17) is 9.84 Å². The number of ether oxygens (including phenoxy) is 1. The minimum atomic E-state index is -0.845. The summed E-state index contributed by atoms with van der Waals surface area (Å²) in [6.45, 7) is 1.86. The molecule has 108 valence electrons. The van der Waals surface area contributed by atoms with Gasteiger partial charge < -0.3 is 15.2 Å². The van der Waals surface area contributed by atoms with Crippen LogP contribution in [0.1, 0.15) is 41.1 Å². The molecule has 2 N–H and O–H groups in total. The predicted molar refractivity (Wildman–Crippen MR) is 73.8 cm³/mol. The molecular weight excluding hydrogens is 258 g/mol. The first-order chi connectivity index (χ1) is 9.66. The molecule has 0 aromatic heterocycles. The van der Waals surface area contributed by atoms with Gasteiger partial charge in [0.1, 0.15) is 0 Å². The Morgan fingerprint density at radius 1 is 1.40 bits per heavy atom. The summed E-state index contributed by atoms with van der Waals surface area (Å²) in [7, 11) is 0. The van der Waals surface area contributed by atoms with Crippen LogP contribution in [0.4, 0.5) is 0 Å². The van der Waals surface area contributed by atoms with Gasteiger partial charge in [-0.3, -0.25) is 9.59 Å². The molecule has 1 aromatic rings. The number of hydrogen-bond acceptors (Lipinski definition) is 3. The zero-order valence-electron chi connectivity index (χ0n) is 11.3. The number of hydrogen-bond donors (Lipinski definition) is 2. The molecule has 1 saturated heterocycles. The van der Waals surface area contributed by atoms with Crippen molar-refractivity contribution < 1.29 is 19.4 Å². The van der Waals surface area contributed by atoms with Crippen molar-refractivity contribution in [2.75, 3.05) is 19.8 Å². The molecule has 0 spiro atoms. The average molecular weight is 277 g/mol. The highest BCUT2D eigenvalue weighted by molar-refractivity contribution is 5.94. The van der Waals surface area contributed by atoms with E-state index in [0.29, 0.717) is 31.1 Å². The van der Waals surface area contributed by atoms with E-state index >= 15 is 0 Å². The molecule has 5 heteroatoms. The minimum absolute atomic E-state index is 0.0692. The first-order valence-electron chi connectivity index (χ1n) is 6.84. The molecule has 1 amide bonds. The lowest BCUT2D eigenvalue weighted by atomic mass is 9.96. The molecule has 1 aromatic carbocycles. The number of benzene rings is 1. The first-order valence-corrected chi connectivity index (χ1v) is 6.84. The van der Waals surface area contributed by atoms with Crippen LogP contribution in [0.5, 0.6) is 0 Å². The van der Waals surface area contributed by atoms with E-state index in [2.05, 4.69) is 5.32 Å². The summed E-state index contributed by atoms with van der Waals surface area (Å²) in [5.41, 5.74) is 1.74. The normalized spacial score (nSPS) is 17.9. The Labute approximate surface area is 117 Å². The highest BCUT2D eigenvalue weighted by Gasteiger charge is 2.18. The van der Waals surface area contributed by atoms with Gasteiger partial charge in [0.15, 0.2) is 0 Å². The van der Waals surface area contributed by atoms with E-state index in [1.165, 1.54) is 0 Å². The lowest BCUT2D eigenvalue weighted by Gasteiger charge is -2.10. The number of amides is 1. The molecule has 1 aliphatic heterocycles. The molecule has 0 saturated carbocycles. The second-order valence-electron chi connectivity index (χ2n) is 4.94. The monoisotopic (exact) mass is 277 g/mol. The number of carboxylic acids is 1. The topological polar surface area (TPSA) is 75.6 Å². The van der Waals surface area contributed by atoms with Crippen molar-refractivity contribution in [1.29, 1.82) is 0 Å². The quantitative estimate of drug-likeness (QED) is 0.777. The molecular formula is C15H19NO4. The van der Waals surface area contributed by atoms with Crippen LogP contribution >= 0.6 is 0 Å². The van der Waals surface area contributed by atoms with Crippen LogP contribution in [-0.2, 0) is 9.53 Å². The van der Waals surface area contributed by atoms with Gasteiger partial charge in [-0.05, 0) is 30.5 Å². The number of aliphatic carboxylic acids is 1. The van der Waals surface area contributed by atoms with Crippen LogP contribution in [0.25, 0.3) is 0 Å². The zero-order valence-corrected chi connectivity index (χ0v) is 11.3. The summed E-state index contributed by atoms with van der Waals surface area (Å²) in [6, 6.07) is 7.55. The third-order valence-electron chi connectivity index (χ3n) is 3.40. The number of carboxylic acid groups (broad SMARTS) is 1. The van der Waals surface area contributed by atoms with E-state index in [-0.39, 0.29) is 12.3 Å². The summed E-state index contributed by atoms with van der Waals surface area (Å²) in [5, 5.41) is 11.3. The second-order valence-corrected chi connectivity index (χ2v) is 4.94. The standard InChI is InChI=1S/C15H19NO4/c17-14(18)5-2-7-16-15(19)12-4-1-3-11(9-12)13-6-8-20-10-13/h1,3-4,9,13H,2,5-8,10H2,(H,16,19)(H,17,18). The van der Waals surface area contributed by atoms with E-state index in [0.717, 1.165) is 18.6 Å². The predicted octanol–water partition coefficient (Wildman–Crippen LogP) is 1.79. The fourth-order valence-electron chi connectivity index (χ4n) is 2.27. The van der Waals surface area contributed by atoms with Crippen molar-refractivity contribution in [3.8, 4) is 0 Å². The second kappa shape index (κ2) is 7.05. The molecule has 0 radical (unpaired) electrons. The zero-order chi connectivity index (χ0) is 14.4. The van der Waals surface area contributed by atoms with Crippen molar-refractivity contribution in [1.82, 2.24) is 5.32 Å². The molecule has 1 atom stereocenters. The van der Waals surface area contributed by atoms with Crippen molar-refractivity contribution in [3.63, 3.8) is 0 Å². The van der Waals surface area contributed by atoms with E-state index in [9.17, 15) is 9.59 Å². The number of carbonyl (C=O) groups is 2. The number of nitrogens with one attached hydrogen (secondary N) is 1. The maximum Gasteiger partial charge on any atom is 0.303 e. The Balaban J connectivity index is 1.89. The Hall–Kier alpha value is -1.88. The summed E-state index contributed by atoms with van der Waals surface area (Å²) in [6.07, 6.45) is 1.50. The Morgan fingerprint density at radius 3 is 2.95 bits per heavy atom. The summed E-state index contributed by atoms with van der Waals surface area (Å²) in [4.78, 5) is 22.3. The van der Waals surface area contributed by atoms with Gasteiger partial charge >= 0.3 is 5.97 Å². The molecule has 1 fully saturated rings. The molecule has 1 unspecified atom stereocenters. The number of rotatable bonds is 6. The average Bonchev–Trinajstić information content (AvgIpc) is 2.97. The van der Waals surface area contributed by atoms with Gasteiger partial charge in [-0.2, -0.15) is 0 Å². The summed E-state index contributed by atoms with van der Waals surface area (Å²) in [5.74, 6) is -0.631. The van der Waals surface area contributed by atoms with Gasteiger partial charge in [0.05, 0.1) is 6.61 Å². The molecule has 0 aliphatic carbocycles. The minimum Gasteiger partial charge on any atom is -0.481 e. The van der Waals surface area contributed by atoms with E-state index < -0.39 is 5.97 Å². The van der Waals surface area contributed by atoms with Crippen LogP contribution < -0.4 is 5.32 Å². The Bertz CT molecular complexity index is 481. The smallest absolute Gasteiger partial charge is 0.303 e. The molecule has 20 heavy (non-hydrogen) atoms. The molecule has 1 aliphatic rings. The first kappa shape index (κ1) is 14.5. The van der Waals surface area contributed by atoms with Crippen LogP contribution in [0.15, 0.2) is 24.3 Å². The fourth-order valence-corrected chi connectivity index (χ4v) is 2.27. The van der Waals surface area contributed by atoms with Crippen LogP contribution in [0.2, 0.25) is 0 Å². The molecule has 5 nitrogen and oxygen atoms in total. The third-order valence-corrected chi connectivity index (χ3v) is 3.40. The molecule has 2 rings (SSSR count). The summed E-state index contributed by atoms with van der Waals surface area (Å²) < 4.78 is 5.36. The molecule has 1 heterocycles. The lowest BCUT2D eigenvalue weighted by Crippen LogP contribution is -2.25. The van der Waals surface area contributed by atoms with Crippen molar-refractivity contribution in [2.24, 2.45) is 0 Å². The fraction of sp³-hybridized carbons (Fsp3) is 0.467. The van der Waals surface area contributed by atoms with Gasteiger partial charge in [-0.1, -0.05) is 12.1 Å². The SMILES string of the molecule is O=C(O)CCCNC(=O)c1cccc(C2CCOC2)c1. The van der Waals surface area contributed by atoms with Crippen LogP contribution in [0.3, 0.4) is 0 Å². The van der Waals surface area contributed by atoms with Gasteiger partial charge in [0.2, 0.25) is 0 Å². The van der Waals surface area contributed by atoms with Gasteiger partial charge in [-0.15, -0.1) is 0 Å². The van der Waals surface area contributed by atoms with Crippen LogP contribution in [-0.4, -0.2) is 36.7 Å². The highest BCUT2D eigenvalue weighted by atomic mass is 16.5. The van der Waals surface area contributed by atoms with Crippen molar-refractivity contribution in [3.05, 3.63) is 35.4 Å². The van der Waals surface area contributed by atoms with Crippen molar-refractivity contribution >= 4 is 11.9 Å². The Kier molecular flexibility index (Phi) is 5.12. The van der Waals surface area contributed by atoms with E-state index in [1.807, 2.05) is 18.2 Å². The lowest BCUT2D eigenvalue weighted by molar-refractivity contribution is -0.137. The van der Waals surface area contributed by atoms with Gasteiger partial charge in [0.25, 0.3) is 5.91 Å². The maximum atomic E-state index is 12.0. The van der Waals surface area contributed by atoms with Gasteiger partial charge in [-0.25, -0.2) is 0 Å². The highest BCUT2D eigenvalue weighted by Crippen LogP contribution is 2.25. The largest absolute Gasteiger partial charge is 0.481 e. The van der Waals surface area contributed by atoms with Crippen molar-refractivity contribution in [2.45, 2.75) is 25.2 Å². The number of carbonyl (C=O) groups excluding carboxylic acids is 1.